The van der Waals surface area contributed by atoms with Crippen LogP contribution in [0.25, 0.3) is 17.0 Å². The molecular weight excluding hydrogens is 395 g/mol. The Labute approximate surface area is 180 Å². The zero-order chi connectivity index (χ0) is 22.1. The van der Waals surface area contributed by atoms with E-state index < -0.39 is 6.10 Å². The molecule has 0 saturated carbocycles. The second-order valence-corrected chi connectivity index (χ2v) is 7.53. The van der Waals surface area contributed by atoms with Gasteiger partial charge in [0.2, 0.25) is 0 Å². The van der Waals surface area contributed by atoms with Crippen LogP contribution in [0.15, 0.2) is 42.2 Å². The lowest BCUT2D eigenvalue weighted by Gasteiger charge is -2.22. The second kappa shape index (κ2) is 8.22. The van der Waals surface area contributed by atoms with E-state index >= 15 is 0 Å². The molecule has 4 N–H and O–H groups in total. The maximum Gasteiger partial charge on any atom is 0.166 e. The fourth-order valence-electron chi connectivity index (χ4n) is 3.91. The van der Waals surface area contributed by atoms with Crippen molar-refractivity contribution in [3.63, 3.8) is 0 Å². The number of halogens is 1. The molecule has 8 heteroatoms. The van der Waals surface area contributed by atoms with Crippen LogP contribution in [0.3, 0.4) is 0 Å². The highest BCUT2D eigenvalue weighted by Crippen LogP contribution is 2.36. The highest BCUT2D eigenvalue weighted by atomic mass is 19.1. The lowest BCUT2D eigenvalue weighted by atomic mass is 9.94. The molecule has 3 aromatic rings. The SMILES string of the molecule is CCN/C1=C(\C=N)Cc2cn(C)nc2-c2ccc(F)cc2[C@@H](C)Oc2cc1cnc2N. The van der Waals surface area contributed by atoms with Crippen molar-refractivity contribution in [2.75, 3.05) is 12.3 Å². The van der Waals surface area contributed by atoms with Crippen LogP contribution in [0.5, 0.6) is 5.75 Å². The van der Waals surface area contributed by atoms with Gasteiger partial charge in [0.05, 0.1) is 5.69 Å². The molecule has 31 heavy (non-hydrogen) atoms. The summed E-state index contributed by atoms with van der Waals surface area (Å²) in [5.74, 6) is 0.297. The fraction of sp³-hybridized carbons (Fsp3) is 0.261. The van der Waals surface area contributed by atoms with Crippen LogP contribution in [-0.4, -0.2) is 27.5 Å². The topological polar surface area (TPSA) is 102 Å². The number of hydrogen-bond donors (Lipinski definition) is 3. The molecule has 7 nitrogen and oxygen atoms in total. The van der Waals surface area contributed by atoms with Crippen LogP contribution in [0.4, 0.5) is 10.2 Å². The number of pyridine rings is 1. The number of aryl methyl sites for hydroxylation is 1. The van der Waals surface area contributed by atoms with Gasteiger partial charge in [0.15, 0.2) is 11.6 Å². The van der Waals surface area contributed by atoms with Gasteiger partial charge in [-0.1, -0.05) is 0 Å². The first-order chi connectivity index (χ1) is 14.9. The first-order valence-electron chi connectivity index (χ1n) is 10.1. The third-order valence-electron chi connectivity index (χ3n) is 5.32. The lowest BCUT2D eigenvalue weighted by Crippen LogP contribution is -2.17. The molecule has 1 aliphatic rings. The lowest BCUT2D eigenvalue weighted by molar-refractivity contribution is 0.227. The van der Waals surface area contributed by atoms with Gasteiger partial charge >= 0.3 is 0 Å². The third kappa shape index (κ3) is 3.88. The van der Waals surface area contributed by atoms with Crippen molar-refractivity contribution in [2.45, 2.75) is 26.4 Å². The predicted molar refractivity (Wildman–Crippen MR) is 119 cm³/mol. The molecule has 2 bridgehead atoms. The molecule has 4 rings (SSSR count). The Balaban J connectivity index is 2.03. The summed E-state index contributed by atoms with van der Waals surface area (Å²) in [6.07, 6.45) is 4.91. The molecular formula is C23H25FN6O. The summed E-state index contributed by atoms with van der Waals surface area (Å²) in [5.41, 5.74) is 11.5. The molecule has 2 aromatic heterocycles. The molecule has 0 fully saturated rings. The standard InChI is InChI=1S/C23H25FN6O/c1-4-27-21-14(10-25)7-16-12-30(3)29-22(16)18-6-5-17(24)9-19(18)13(2)31-20-8-15(21)11-28-23(20)26/h5-6,8-13,25,27H,4,7H2,1-3H3,(H2,26,28)/b21-14-,25-10?/t13-/m1/s1. The van der Waals surface area contributed by atoms with Crippen LogP contribution in [0, 0.1) is 11.2 Å². The number of nitrogens with two attached hydrogens (primary N) is 1. The maximum atomic E-state index is 14.2. The first-order valence-corrected chi connectivity index (χ1v) is 10.1. The summed E-state index contributed by atoms with van der Waals surface area (Å²) in [5, 5.41) is 16.1. The number of ether oxygens (including phenoxy) is 1. The molecule has 1 aromatic carbocycles. The third-order valence-corrected chi connectivity index (χ3v) is 5.32. The number of nitrogen functional groups attached to an aromatic ring is 1. The van der Waals surface area contributed by atoms with Gasteiger partial charge in [0, 0.05) is 66.6 Å². The Kier molecular flexibility index (Phi) is 5.46. The summed E-state index contributed by atoms with van der Waals surface area (Å²) in [6.45, 7) is 4.52. The van der Waals surface area contributed by atoms with E-state index in [1.54, 1.807) is 16.9 Å². The number of allylic oxidation sites excluding steroid dienone is 1. The van der Waals surface area contributed by atoms with Gasteiger partial charge in [-0.2, -0.15) is 5.10 Å². The highest BCUT2D eigenvalue weighted by Gasteiger charge is 2.23. The summed E-state index contributed by atoms with van der Waals surface area (Å²) >= 11 is 0. The smallest absolute Gasteiger partial charge is 0.166 e. The number of fused-ring (bicyclic) bond motifs is 5. The summed E-state index contributed by atoms with van der Waals surface area (Å²) in [6, 6.07) is 6.42. The zero-order valence-electron chi connectivity index (χ0n) is 17.7. The molecule has 0 spiro atoms. The number of aromatic nitrogens is 3. The number of benzene rings is 1. The van der Waals surface area contributed by atoms with E-state index in [1.807, 2.05) is 33.2 Å². The molecule has 0 unspecified atom stereocenters. The Morgan fingerprint density at radius 2 is 2.19 bits per heavy atom. The Morgan fingerprint density at radius 3 is 2.94 bits per heavy atom. The first kappa shape index (κ1) is 20.6. The van der Waals surface area contributed by atoms with E-state index in [-0.39, 0.29) is 11.6 Å². The van der Waals surface area contributed by atoms with Crippen molar-refractivity contribution < 1.29 is 9.13 Å². The Morgan fingerprint density at radius 1 is 1.39 bits per heavy atom. The number of hydrogen-bond acceptors (Lipinski definition) is 6. The molecule has 1 atom stereocenters. The molecule has 0 saturated heterocycles. The van der Waals surface area contributed by atoms with E-state index in [2.05, 4.69) is 15.4 Å². The predicted octanol–water partition coefficient (Wildman–Crippen LogP) is 3.87. The zero-order valence-corrected chi connectivity index (χ0v) is 17.7. The van der Waals surface area contributed by atoms with Crippen LogP contribution in [0.2, 0.25) is 0 Å². The largest absolute Gasteiger partial charge is 0.482 e. The number of nitrogens with one attached hydrogen (secondary N) is 2. The van der Waals surface area contributed by atoms with E-state index in [0.717, 1.165) is 33.7 Å². The summed E-state index contributed by atoms with van der Waals surface area (Å²) in [4.78, 5) is 4.30. The minimum absolute atomic E-state index is 0.247. The van der Waals surface area contributed by atoms with Crippen LogP contribution >= 0.6 is 0 Å². The van der Waals surface area contributed by atoms with Crippen molar-refractivity contribution in [3.8, 4) is 17.0 Å². The summed E-state index contributed by atoms with van der Waals surface area (Å²) < 4.78 is 22.1. The fourth-order valence-corrected chi connectivity index (χ4v) is 3.91. The molecule has 0 amide bonds. The van der Waals surface area contributed by atoms with E-state index in [4.69, 9.17) is 15.9 Å². The number of rotatable bonds is 3. The van der Waals surface area contributed by atoms with E-state index in [0.29, 0.717) is 24.3 Å². The maximum absolute atomic E-state index is 14.2. The Hall–Kier alpha value is -3.68. The van der Waals surface area contributed by atoms with Gasteiger partial charge in [0.25, 0.3) is 0 Å². The minimum atomic E-state index is -0.492. The van der Waals surface area contributed by atoms with Gasteiger partial charge in [-0.15, -0.1) is 0 Å². The van der Waals surface area contributed by atoms with Gasteiger partial charge in [0.1, 0.15) is 11.9 Å². The quantitative estimate of drug-likeness (QED) is 0.558. The molecule has 0 aliphatic carbocycles. The second-order valence-electron chi connectivity index (χ2n) is 7.53. The average molecular weight is 420 g/mol. The van der Waals surface area contributed by atoms with Crippen molar-refractivity contribution in [3.05, 3.63) is 64.7 Å². The minimum Gasteiger partial charge on any atom is -0.482 e. The molecule has 0 radical (unpaired) electrons. The molecule has 160 valence electrons. The van der Waals surface area contributed by atoms with Crippen LogP contribution in [-0.2, 0) is 13.5 Å². The van der Waals surface area contributed by atoms with E-state index in [9.17, 15) is 4.39 Å². The van der Waals surface area contributed by atoms with Gasteiger partial charge in [-0.25, -0.2) is 9.37 Å². The highest BCUT2D eigenvalue weighted by molar-refractivity contribution is 5.90. The monoisotopic (exact) mass is 420 g/mol. The average Bonchev–Trinajstić information content (AvgIpc) is 3.11. The Bertz CT molecular complexity index is 1180. The van der Waals surface area contributed by atoms with Gasteiger partial charge < -0.3 is 21.2 Å². The van der Waals surface area contributed by atoms with Crippen molar-refractivity contribution in [1.82, 2.24) is 20.1 Å². The van der Waals surface area contributed by atoms with E-state index in [1.165, 1.54) is 18.3 Å². The van der Waals surface area contributed by atoms with Crippen LogP contribution in [0.1, 0.15) is 36.6 Å². The normalized spacial score (nSPS) is 18.1. The van der Waals surface area contributed by atoms with Gasteiger partial charge in [-0.3, -0.25) is 4.68 Å². The number of anilines is 1. The summed E-state index contributed by atoms with van der Waals surface area (Å²) in [7, 11) is 1.85. The van der Waals surface area contributed by atoms with Gasteiger partial charge in [-0.05, 0) is 43.7 Å². The molecule has 1 aliphatic heterocycles. The number of nitrogens with zero attached hydrogens (tertiary/aromatic N) is 3. The van der Waals surface area contributed by atoms with Crippen molar-refractivity contribution >= 4 is 17.7 Å². The van der Waals surface area contributed by atoms with Crippen molar-refractivity contribution in [2.24, 2.45) is 7.05 Å². The van der Waals surface area contributed by atoms with Crippen molar-refractivity contribution in [1.29, 1.82) is 5.41 Å². The molecule has 3 heterocycles. The van der Waals surface area contributed by atoms with Crippen LogP contribution < -0.4 is 15.8 Å².